The zero-order valence-corrected chi connectivity index (χ0v) is 13.5. The van der Waals surface area contributed by atoms with Crippen LogP contribution < -0.4 is 4.74 Å². The molecule has 3 nitrogen and oxygen atoms in total. The Morgan fingerprint density at radius 1 is 1.22 bits per heavy atom. The number of fused-ring (bicyclic) bond motifs is 5. The summed E-state index contributed by atoms with van der Waals surface area (Å²) in [6, 6.07) is 12.3. The second-order valence-corrected chi connectivity index (χ2v) is 7.24. The number of aromatic nitrogens is 1. The van der Waals surface area contributed by atoms with Gasteiger partial charge in [-0.25, -0.2) is 0 Å². The lowest BCUT2D eigenvalue weighted by Crippen LogP contribution is -2.37. The average molecular weight is 306 g/mol. The van der Waals surface area contributed by atoms with Gasteiger partial charge < -0.3 is 4.74 Å². The summed E-state index contributed by atoms with van der Waals surface area (Å²) in [5, 5.41) is 0. The van der Waals surface area contributed by atoms with Gasteiger partial charge in [0.1, 0.15) is 11.9 Å². The molecule has 5 rings (SSSR count). The van der Waals surface area contributed by atoms with Gasteiger partial charge in [-0.15, -0.1) is 0 Å². The molecule has 3 aliphatic heterocycles. The monoisotopic (exact) mass is 306 g/mol. The Bertz CT molecular complexity index is 757. The molecule has 2 aromatic rings. The molecule has 0 aliphatic carbocycles. The van der Waals surface area contributed by atoms with E-state index in [1.54, 1.807) is 0 Å². The lowest BCUT2D eigenvalue weighted by Gasteiger charge is -2.35. The van der Waals surface area contributed by atoms with Crippen LogP contribution in [0.15, 0.2) is 36.5 Å². The summed E-state index contributed by atoms with van der Waals surface area (Å²) in [6.45, 7) is 3.19. The zero-order chi connectivity index (χ0) is 15.4. The van der Waals surface area contributed by atoms with Crippen LogP contribution >= 0.6 is 0 Å². The third kappa shape index (κ3) is 2.18. The third-order valence-electron chi connectivity index (χ3n) is 5.68. The van der Waals surface area contributed by atoms with Crippen molar-refractivity contribution in [1.29, 1.82) is 0 Å². The molecule has 1 saturated heterocycles. The van der Waals surface area contributed by atoms with Crippen LogP contribution in [0, 0.1) is 0 Å². The van der Waals surface area contributed by atoms with Crippen molar-refractivity contribution in [2.75, 3.05) is 0 Å². The maximum absolute atomic E-state index is 5.83. The number of nitrogens with zero attached hydrogens (tertiary/aromatic N) is 2. The van der Waals surface area contributed by atoms with Gasteiger partial charge in [0.15, 0.2) is 0 Å². The van der Waals surface area contributed by atoms with E-state index >= 15 is 0 Å². The molecular weight excluding hydrogens is 284 g/mol. The summed E-state index contributed by atoms with van der Waals surface area (Å²) in [7, 11) is 0. The number of ether oxygens (including phenoxy) is 1. The number of benzene rings is 1. The van der Waals surface area contributed by atoms with Gasteiger partial charge in [0.05, 0.1) is 0 Å². The minimum absolute atomic E-state index is 0.323. The molecule has 3 aliphatic rings. The highest BCUT2D eigenvalue weighted by Gasteiger charge is 2.40. The second-order valence-electron chi connectivity index (χ2n) is 7.24. The van der Waals surface area contributed by atoms with E-state index in [9.17, 15) is 0 Å². The van der Waals surface area contributed by atoms with Gasteiger partial charge in [-0.2, -0.15) is 0 Å². The molecule has 0 amide bonds. The number of hydrogen-bond acceptors (Lipinski definition) is 3. The molecular formula is C20H22N2O. The zero-order valence-electron chi connectivity index (χ0n) is 13.5. The van der Waals surface area contributed by atoms with Gasteiger partial charge in [-0.3, -0.25) is 9.88 Å². The fourth-order valence-corrected chi connectivity index (χ4v) is 4.66. The SMILES string of the molecule is C[C@H]1Cc2cc(CN3[C@@H]4CC[C@@H]3c3cccnc3C4)ccc2O1. The van der Waals surface area contributed by atoms with Gasteiger partial charge in [0.2, 0.25) is 0 Å². The van der Waals surface area contributed by atoms with Crippen LogP contribution in [0.4, 0.5) is 0 Å². The lowest BCUT2D eigenvalue weighted by molar-refractivity contribution is 0.166. The normalized spacial score (nSPS) is 28.3. The highest BCUT2D eigenvalue weighted by molar-refractivity contribution is 5.41. The number of hydrogen-bond donors (Lipinski definition) is 0. The van der Waals surface area contributed by atoms with Gasteiger partial charge >= 0.3 is 0 Å². The van der Waals surface area contributed by atoms with E-state index in [1.165, 1.54) is 35.2 Å². The van der Waals surface area contributed by atoms with Crippen LogP contribution in [-0.2, 0) is 19.4 Å². The minimum Gasteiger partial charge on any atom is -0.490 e. The maximum Gasteiger partial charge on any atom is 0.123 e. The van der Waals surface area contributed by atoms with Crippen molar-refractivity contribution in [3.8, 4) is 5.75 Å². The van der Waals surface area contributed by atoms with E-state index < -0.39 is 0 Å². The van der Waals surface area contributed by atoms with Crippen molar-refractivity contribution >= 4 is 0 Å². The van der Waals surface area contributed by atoms with Gasteiger partial charge in [-0.05, 0) is 48.6 Å². The fourth-order valence-electron chi connectivity index (χ4n) is 4.66. The van der Waals surface area contributed by atoms with Crippen LogP contribution in [0.3, 0.4) is 0 Å². The number of rotatable bonds is 2. The lowest BCUT2D eigenvalue weighted by atomic mass is 9.97. The van der Waals surface area contributed by atoms with Crippen molar-refractivity contribution in [1.82, 2.24) is 9.88 Å². The molecule has 1 fully saturated rings. The van der Waals surface area contributed by atoms with Gasteiger partial charge in [0, 0.05) is 43.4 Å². The Balaban J connectivity index is 1.43. The quantitative estimate of drug-likeness (QED) is 0.846. The third-order valence-corrected chi connectivity index (χ3v) is 5.68. The minimum atomic E-state index is 0.323. The molecule has 2 bridgehead atoms. The Morgan fingerprint density at radius 2 is 2.17 bits per heavy atom. The molecule has 0 N–H and O–H groups in total. The number of pyridine rings is 1. The summed E-state index contributed by atoms with van der Waals surface area (Å²) in [4.78, 5) is 7.31. The molecule has 0 saturated carbocycles. The molecule has 4 heterocycles. The summed E-state index contributed by atoms with van der Waals surface area (Å²) < 4.78 is 5.83. The van der Waals surface area contributed by atoms with Crippen LogP contribution in [0.25, 0.3) is 0 Å². The first-order valence-electron chi connectivity index (χ1n) is 8.76. The van der Waals surface area contributed by atoms with E-state index in [0.29, 0.717) is 18.2 Å². The van der Waals surface area contributed by atoms with Crippen LogP contribution in [0.5, 0.6) is 5.75 Å². The second kappa shape index (κ2) is 5.07. The molecule has 0 radical (unpaired) electrons. The molecule has 0 spiro atoms. The van der Waals surface area contributed by atoms with Gasteiger partial charge in [-0.1, -0.05) is 18.2 Å². The smallest absolute Gasteiger partial charge is 0.123 e. The summed E-state index contributed by atoms with van der Waals surface area (Å²) in [5.74, 6) is 1.08. The Labute approximate surface area is 137 Å². The topological polar surface area (TPSA) is 25.4 Å². The van der Waals surface area contributed by atoms with E-state index in [1.807, 2.05) is 6.20 Å². The first kappa shape index (κ1) is 13.6. The van der Waals surface area contributed by atoms with Crippen LogP contribution in [0.1, 0.15) is 48.2 Å². The van der Waals surface area contributed by atoms with E-state index in [4.69, 9.17) is 4.74 Å². The van der Waals surface area contributed by atoms with Crippen molar-refractivity contribution in [2.24, 2.45) is 0 Å². The predicted octanol–water partition coefficient (Wildman–Crippen LogP) is 3.67. The maximum atomic E-state index is 5.83. The molecule has 118 valence electrons. The largest absolute Gasteiger partial charge is 0.490 e. The summed E-state index contributed by atoms with van der Waals surface area (Å²) in [5.41, 5.74) is 5.58. The van der Waals surface area contributed by atoms with Crippen LogP contribution in [-0.4, -0.2) is 22.0 Å². The van der Waals surface area contributed by atoms with Crippen molar-refractivity contribution < 1.29 is 4.74 Å². The molecule has 3 heteroatoms. The van der Waals surface area contributed by atoms with E-state index in [-0.39, 0.29) is 0 Å². The first-order chi connectivity index (χ1) is 11.3. The first-order valence-corrected chi connectivity index (χ1v) is 8.76. The van der Waals surface area contributed by atoms with Crippen molar-refractivity contribution in [3.05, 3.63) is 58.9 Å². The highest BCUT2D eigenvalue weighted by Crippen LogP contribution is 2.44. The molecule has 0 unspecified atom stereocenters. The fraction of sp³-hybridized carbons (Fsp3) is 0.450. The van der Waals surface area contributed by atoms with Crippen LogP contribution in [0.2, 0.25) is 0 Å². The highest BCUT2D eigenvalue weighted by atomic mass is 16.5. The Morgan fingerprint density at radius 3 is 3.13 bits per heavy atom. The summed E-state index contributed by atoms with van der Waals surface area (Å²) >= 11 is 0. The summed E-state index contributed by atoms with van der Waals surface area (Å²) in [6.07, 6.45) is 6.99. The standard InChI is InChI=1S/C20H22N2O/c1-13-9-15-10-14(4-7-20(15)23-13)12-22-16-5-6-19(22)17-3-2-8-21-18(17)11-16/h2-4,7-8,10,13,16,19H,5-6,9,11-12H2,1H3/t13-,16+,19+/m0/s1. The van der Waals surface area contributed by atoms with E-state index in [2.05, 4.69) is 47.1 Å². The van der Waals surface area contributed by atoms with Crippen molar-refractivity contribution in [3.63, 3.8) is 0 Å². The van der Waals surface area contributed by atoms with E-state index in [0.717, 1.165) is 25.1 Å². The molecule has 1 aromatic carbocycles. The average Bonchev–Trinajstić information content (AvgIpc) is 3.04. The molecule has 3 atom stereocenters. The van der Waals surface area contributed by atoms with Crippen molar-refractivity contribution in [2.45, 2.75) is 57.3 Å². The Hall–Kier alpha value is -1.87. The van der Waals surface area contributed by atoms with Gasteiger partial charge in [0.25, 0.3) is 0 Å². The molecule has 23 heavy (non-hydrogen) atoms. The molecule has 1 aromatic heterocycles. The Kier molecular flexibility index (Phi) is 2.99. The predicted molar refractivity (Wildman–Crippen MR) is 89.5 cm³/mol.